The molecule has 2 aliphatic rings. The van der Waals surface area contributed by atoms with E-state index in [-0.39, 0.29) is 5.91 Å². The molecule has 1 amide bonds. The van der Waals surface area contributed by atoms with Gasteiger partial charge in [-0.3, -0.25) is 4.79 Å². The van der Waals surface area contributed by atoms with Crippen LogP contribution in [0.15, 0.2) is 36.4 Å². The van der Waals surface area contributed by atoms with Crippen molar-refractivity contribution in [1.82, 2.24) is 4.90 Å². The van der Waals surface area contributed by atoms with Gasteiger partial charge in [0.1, 0.15) is 0 Å². The predicted octanol–water partition coefficient (Wildman–Crippen LogP) is 1.82. The smallest absolute Gasteiger partial charge is 0.254 e. The zero-order chi connectivity index (χ0) is 13.9. The van der Waals surface area contributed by atoms with Crippen LogP contribution in [0.3, 0.4) is 0 Å². The Hall–Kier alpha value is -2.05. The Bertz CT molecular complexity index is 588. The van der Waals surface area contributed by atoms with Crippen LogP contribution in [0.4, 0.5) is 0 Å². The summed E-state index contributed by atoms with van der Waals surface area (Å²) in [5.74, 6) is 6.87. The summed E-state index contributed by atoms with van der Waals surface area (Å²) in [5.41, 5.74) is 1.59. The first-order valence-electron chi connectivity index (χ1n) is 6.98. The van der Waals surface area contributed by atoms with Crippen molar-refractivity contribution in [3.63, 3.8) is 0 Å². The van der Waals surface area contributed by atoms with Crippen molar-refractivity contribution in [2.75, 3.05) is 13.1 Å². The van der Waals surface area contributed by atoms with E-state index < -0.39 is 6.10 Å². The standard InChI is InChI=1S/C17H17NO2/c19-16-2-1-11-18(12-16)17(20)15-9-7-14(8-10-15)6-5-13-3-4-13/h1-2,7-10,13,16,19H,3-4,11-12H2. The van der Waals surface area contributed by atoms with Gasteiger partial charge in [0.25, 0.3) is 5.91 Å². The first kappa shape index (κ1) is 13.0. The van der Waals surface area contributed by atoms with E-state index >= 15 is 0 Å². The van der Waals surface area contributed by atoms with Gasteiger partial charge < -0.3 is 10.0 Å². The Labute approximate surface area is 118 Å². The summed E-state index contributed by atoms with van der Waals surface area (Å²) in [6, 6.07) is 7.39. The maximum atomic E-state index is 12.3. The molecule has 1 saturated carbocycles. The fraction of sp³-hybridized carbons (Fsp3) is 0.353. The van der Waals surface area contributed by atoms with Crippen molar-refractivity contribution in [1.29, 1.82) is 0 Å². The second kappa shape index (κ2) is 5.52. The summed E-state index contributed by atoms with van der Waals surface area (Å²) in [7, 11) is 0. The number of hydrogen-bond donors (Lipinski definition) is 1. The van der Waals surface area contributed by atoms with E-state index in [1.807, 2.05) is 30.3 Å². The van der Waals surface area contributed by atoms with Gasteiger partial charge in [-0.25, -0.2) is 0 Å². The zero-order valence-corrected chi connectivity index (χ0v) is 11.2. The Balaban J connectivity index is 1.69. The molecular formula is C17H17NO2. The van der Waals surface area contributed by atoms with Crippen molar-refractivity contribution in [3.05, 3.63) is 47.5 Å². The molecule has 102 valence electrons. The maximum absolute atomic E-state index is 12.3. The van der Waals surface area contributed by atoms with Crippen molar-refractivity contribution in [2.45, 2.75) is 18.9 Å². The quantitative estimate of drug-likeness (QED) is 0.623. The lowest BCUT2D eigenvalue weighted by Gasteiger charge is -2.26. The molecule has 0 saturated heterocycles. The van der Waals surface area contributed by atoms with Crippen LogP contribution in [-0.4, -0.2) is 35.1 Å². The Morgan fingerprint density at radius 1 is 1.25 bits per heavy atom. The fourth-order valence-electron chi connectivity index (χ4n) is 2.16. The Morgan fingerprint density at radius 3 is 2.65 bits per heavy atom. The van der Waals surface area contributed by atoms with Crippen LogP contribution < -0.4 is 0 Å². The maximum Gasteiger partial charge on any atom is 0.254 e. The first-order chi connectivity index (χ1) is 9.72. The van der Waals surface area contributed by atoms with E-state index in [0.29, 0.717) is 24.6 Å². The highest BCUT2D eigenvalue weighted by Crippen LogP contribution is 2.27. The molecule has 0 bridgehead atoms. The largest absolute Gasteiger partial charge is 0.387 e. The molecule has 0 aromatic heterocycles. The molecule has 1 aliphatic carbocycles. The minimum Gasteiger partial charge on any atom is -0.387 e. The normalized spacial score (nSPS) is 21.2. The molecule has 20 heavy (non-hydrogen) atoms. The number of nitrogens with zero attached hydrogens (tertiary/aromatic N) is 1. The molecule has 3 nitrogen and oxygen atoms in total. The third-order valence-corrected chi connectivity index (χ3v) is 3.51. The third-order valence-electron chi connectivity index (χ3n) is 3.51. The van der Waals surface area contributed by atoms with Gasteiger partial charge in [0.15, 0.2) is 0 Å². The number of carbonyl (C=O) groups excluding carboxylic acids is 1. The average molecular weight is 267 g/mol. The Morgan fingerprint density at radius 2 is 2.00 bits per heavy atom. The highest BCUT2D eigenvalue weighted by molar-refractivity contribution is 5.94. The van der Waals surface area contributed by atoms with E-state index in [9.17, 15) is 9.90 Å². The minimum atomic E-state index is -0.559. The second-order valence-electron chi connectivity index (χ2n) is 5.33. The number of aliphatic hydroxyl groups excluding tert-OH is 1. The molecule has 1 fully saturated rings. The van der Waals surface area contributed by atoms with Crippen LogP contribution in [0.25, 0.3) is 0 Å². The van der Waals surface area contributed by atoms with Gasteiger partial charge in [-0.05, 0) is 37.1 Å². The molecule has 1 aromatic carbocycles. The minimum absolute atomic E-state index is 0.0462. The van der Waals surface area contributed by atoms with Gasteiger partial charge in [0.05, 0.1) is 12.6 Å². The summed E-state index contributed by atoms with van der Waals surface area (Å²) in [5, 5.41) is 9.55. The van der Waals surface area contributed by atoms with E-state index in [0.717, 1.165) is 5.56 Å². The summed E-state index contributed by atoms with van der Waals surface area (Å²) >= 11 is 0. The predicted molar refractivity (Wildman–Crippen MR) is 77.1 cm³/mol. The summed E-state index contributed by atoms with van der Waals surface area (Å²) in [6.45, 7) is 0.914. The lowest BCUT2D eigenvalue weighted by Crippen LogP contribution is -2.39. The number of rotatable bonds is 1. The number of aliphatic hydroxyl groups is 1. The summed E-state index contributed by atoms with van der Waals surface area (Å²) in [6.07, 6.45) is 5.42. The van der Waals surface area contributed by atoms with Gasteiger partial charge in [0.2, 0.25) is 0 Å². The number of carbonyl (C=O) groups is 1. The fourth-order valence-corrected chi connectivity index (χ4v) is 2.16. The monoisotopic (exact) mass is 267 g/mol. The van der Waals surface area contributed by atoms with Crippen LogP contribution in [0.5, 0.6) is 0 Å². The van der Waals surface area contributed by atoms with E-state index in [1.54, 1.807) is 11.0 Å². The lowest BCUT2D eigenvalue weighted by molar-refractivity contribution is 0.0680. The zero-order valence-electron chi connectivity index (χ0n) is 11.2. The number of benzene rings is 1. The van der Waals surface area contributed by atoms with Crippen LogP contribution in [0.1, 0.15) is 28.8 Å². The molecule has 1 N–H and O–H groups in total. The van der Waals surface area contributed by atoms with Crippen molar-refractivity contribution < 1.29 is 9.90 Å². The van der Waals surface area contributed by atoms with Gasteiger partial charge >= 0.3 is 0 Å². The molecule has 1 aliphatic heterocycles. The molecule has 1 heterocycles. The van der Waals surface area contributed by atoms with E-state index in [4.69, 9.17) is 0 Å². The highest BCUT2D eigenvalue weighted by atomic mass is 16.3. The van der Waals surface area contributed by atoms with Gasteiger partial charge in [-0.15, -0.1) is 0 Å². The SMILES string of the molecule is O=C(c1ccc(C#CC2CC2)cc1)N1CC=CC(O)C1. The van der Waals surface area contributed by atoms with Crippen LogP contribution >= 0.6 is 0 Å². The van der Waals surface area contributed by atoms with Crippen molar-refractivity contribution >= 4 is 5.91 Å². The summed E-state index contributed by atoms with van der Waals surface area (Å²) < 4.78 is 0. The van der Waals surface area contributed by atoms with Gasteiger partial charge in [-0.1, -0.05) is 24.0 Å². The van der Waals surface area contributed by atoms with Crippen LogP contribution in [0, 0.1) is 17.8 Å². The van der Waals surface area contributed by atoms with E-state index in [1.165, 1.54) is 12.8 Å². The number of amides is 1. The molecule has 1 unspecified atom stereocenters. The van der Waals surface area contributed by atoms with Gasteiger partial charge in [-0.2, -0.15) is 0 Å². The second-order valence-corrected chi connectivity index (χ2v) is 5.33. The van der Waals surface area contributed by atoms with E-state index in [2.05, 4.69) is 11.8 Å². The Kier molecular flexibility index (Phi) is 3.58. The molecule has 3 heteroatoms. The van der Waals surface area contributed by atoms with Crippen LogP contribution in [-0.2, 0) is 0 Å². The van der Waals surface area contributed by atoms with Gasteiger partial charge in [0, 0.05) is 23.6 Å². The van der Waals surface area contributed by atoms with Crippen LogP contribution in [0.2, 0.25) is 0 Å². The third kappa shape index (κ3) is 3.09. The molecule has 0 radical (unpaired) electrons. The van der Waals surface area contributed by atoms with Crippen molar-refractivity contribution in [2.24, 2.45) is 5.92 Å². The topological polar surface area (TPSA) is 40.5 Å². The van der Waals surface area contributed by atoms with Crippen molar-refractivity contribution in [3.8, 4) is 11.8 Å². The molecule has 0 spiro atoms. The first-order valence-corrected chi connectivity index (χ1v) is 6.98. The number of β-amino-alcohol motifs (C(OH)–C–C–N with tert-alkyl or cyclic N) is 1. The summed E-state index contributed by atoms with van der Waals surface area (Å²) in [4.78, 5) is 13.9. The molecule has 1 aromatic rings. The molecule has 1 atom stereocenters. The lowest BCUT2D eigenvalue weighted by atomic mass is 10.1. The highest BCUT2D eigenvalue weighted by Gasteiger charge is 2.20. The molecular weight excluding hydrogens is 250 g/mol. The molecule has 3 rings (SSSR count). The number of hydrogen-bond acceptors (Lipinski definition) is 2. The average Bonchev–Trinajstić information content (AvgIpc) is 3.29.